The molecule has 0 saturated carbocycles. The molecule has 3 heterocycles. The summed E-state index contributed by atoms with van der Waals surface area (Å²) >= 11 is 0. The van der Waals surface area contributed by atoms with Gasteiger partial charge in [-0.15, -0.1) is 0 Å². The van der Waals surface area contributed by atoms with Crippen LogP contribution in [0.3, 0.4) is 0 Å². The number of carbonyl (C=O) groups is 1. The van der Waals surface area contributed by atoms with E-state index >= 15 is 0 Å². The van der Waals surface area contributed by atoms with Crippen molar-refractivity contribution in [1.29, 1.82) is 0 Å². The highest BCUT2D eigenvalue weighted by Gasteiger charge is 2.24. The first-order valence-corrected chi connectivity index (χ1v) is 9.01. The second kappa shape index (κ2) is 6.50. The van der Waals surface area contributed by atoms with Gasteiger partial charge in [-0.05, 0) is 54.8 Å². The standard InChI is InChI=1S/C22H21N3O2/c1-14(2)25-13-16(5-7-21(25)26)19-9-18(11-23-12-19)15-4-6-20-17(8-15)10-22(27)24(20)3/h4-9,11-14H,10H2,1-3H3. The summed E-state index contributed by atoms with van der Waals surface area (Å²) in [6.07, 6.45) is 5.94. The van der Waals surface area contributed by atoms with Gasteiger partial charge in [0, 0.05) is 54.6 Å². The maximum atomic E-state index is 12.0. The molecule has 1 aromatic carbocycles. The van der Waals surface area contributed by atoms with E-state index in [9.17, 15) is 9.59 Å². The van der Waals surface area contributed by atoms with Crippen molar-refractivity contribution in [3.63, 3.8) is 0 Å². The van der Waals surface area contributed by atoms with E-state index in [-0.39, 0.29) is 17.5 Å². The van der Waals surface area contributed by atoms with Crippen molar-refractivity contribution in [2.45, 2.75) is 26.3 Å². The largest absolute Gasteiger partial charge is 0.315 e. The maximum absolute atomic E-state index is 12.0. The minimum Gasteiger partial charge on any atom is -0.315 e. The summed E-state index contributed by atoms with van der Waals surface area (Å²) in [5, 5.41) is 0. The summed E-state index contributed by atoms with van der Waals surface area (Å²) in [6.45, 7) is 3.98. The Bertz CT molecular complexity index is 1100. The predicted octanol–water partition coefficient (Wildman–Crippen LogP) is 3.68. The molecule has 0 radical (unpaired) electrons. The molecule has 3 aromatic rings. The molecule has 4 rings (SSSR count). The Kier molecular flexibility index (Phi) is 4.15. The van der Waals surface area contributed by atoms with Crippen LogP contribution >= 0.6 is 0 Å². The Balaban J connectivity index is 1.74. The molecule has 5 nitrogen and oxygen atoms in total. The van der Waals surface area contributed by atoms with Crippen molar-refractivity contribution in [3.8, 4) is 22.3 Å². The minimum atomic E-state index is -0.00901. The Labute approximate surface area is 157 Å². The third-order valence-electron chi connectivity index (χ3n) is 5.06. The highest BCUT2D eigenvalue weighted by molar-refractivity contribution is 6.01. The lowest BCUT2D eigenvalue weighted by Gasteiger charge is -2.13. The smallest absolute Gasteiger partial charge is 0.250 e. The number of fused-ring (bicyclic) bond motifs is 1. The Hall–Kier alpha value is -3.21. The van der Waals surface area contributed by atoms with Gasteiger partial charge in [-0.1, -0.05) is 6.07 Å². The fraction of sp³-hybridized carbons (Fsp3) is 0.227. The first-order valence-electron chi connectivity index (χ1n) is 9.01. The zero-order valence-electron chi connectivity index (χ0n) is 15.6. The fourth-order valence-electron chi connectivity index (χ4n) is 3.48. The van der Waals surface area contributed by atoms with Crippen molar-refractivity contribution in [3.05, 3.63) is 70.9 Å². The molecule has 2 aromatic heterocycles. The van der Waals surface area contributed by atoms with Crippen LogP contribution in [0.5, 0.6) is 0 Å². The molecule has 5 heteroatoms. The minimum absolute atomic E-state index is 0.00901. The monoisotopic (exact) mass is 359 g/mol. The Morgan fingerprint density at radius 3 is 2.37 bits per heavy atom. The van der Waals surface area contributed by atoms with E-state index in [0.717, 1.165) is 33.5 Å². The number of anilines is 1. The molecule has 1 aliphatic rings. The zero-order chi connectivity index (χ0) is 19.1. The lowest BCUT2D eigenvalue weighted by Crippen LogP contribution is -2.20. The van der Waals surface area contributed by atoms with Crippen LogP contribution in [0.2, 0.25) is 0 Å². The van der Waals surface area contributed by atoms with Crippen molar-refractivity contribution < 1.29 is 4.79 Å². The second-order valence-corrected chi connectivity index (χ2v) is 7.19. The number of amides is 1. The maximum Gasteiger partial charge on any atom is 0.250 e. The van der Waals surface area contributed by atoms with Crippen LogP contribution in [0.4, 0.5) is 5.69 Å². The number of rotatable bonds is 3. The van der Waals surface area contributed by atoms with Crippen LogP contribution in [0.15, 0.2) is 59.8 Å². The molecular weight excluding hydrogens is 338 g/mol. The molecular formula is C22H21N3O2. The van der Waals surface area contributed by atoms with Crippen molar-refractivity contribution in [2.24, 2.45) is 0 Å². The molecule has 0 bridgehead atoms. The van der Waals surface area contributed by atoms with Gasteiger partial charge < -0.3 is 9.47 Å². The van der Waals surface area contributed by atoms with Crippen molar-refractivity contribution in [1.82, 2.24) is 9.55 Å². The van der Waals surface area contributed by atoms with Gasteiger partial charge >= 0.3 is 0 Å². The number of nitrogens with zero attached hydrogens (tertiary/aromatic N) is 3. The molecule has 1 aliphatic heterocycles. The van der Waals surface area contributed by atoms with Crippen LogP contribution in [0.1, 0.15) is 25.5 Å². The fourth-order valence-corrected chi connectivity index (χ4v) is 3.48. The number of aromatic nitrogens is 2. The summed E-state index contributed by atoms with van der Waals surface area (Å²) < 4.78 is 1.72. The summed E-state index contributed by atoms with van der Waals surface area (Å²) in [7, 11) is 1.81. The van der Waals surface area contributed by atoms with Crippen molar-refractivity contribution >= 4 is 11.6 Å². The Morgan fingerprint density at radius 1 is 0.926 bits per heavy atom. The van der Waals surface area contributed by atoms with Gasteiger partial charge in [0.25, 0.3) is 5.56 Å². The van der Waals surface area contributed by atoms with Gasteiger partial charge in [0.15, 0.2) is 0 Å². The lowest BCUT2D eigenvalue weighted by molar-refractivity contribution is -0.117. The lowest BCUT2D eigenvalue weighted by atomic mass is 10.0. The quantitative estimate of drug-likeness (QED) is 0.717. The summed E-state index contributed by atoms with van der Waals surface area (Å²) in [6, 6.07) is 11.7. The van der Waals surface area contributed by atoms with Crippen LogP contribution < -0.4 is 10.5 Å². The van der Waals surface area contributed by atoms with Crippen LogP contribution in [0.25, 0.3) is 22.3 Å². The zero-order valence-corrected chi connectivity index (χ0v) is 15.6. The number of carbonyl (C=O) groups excluding carboxylic acids is 1. The third kappa shape index (κ3) is 3.05. The molecule has 0 fully saturated rings. The number of hydrogen-bond donors (Lipinski definition) is 0. The molecule has 0 unspecified atom stereocenters. The van der Waals surface area contributed by atoms with Gasteiger partial charge in [-0.3, -0.25) is 14.6 Å². The van der Waals surface area contributed by atoms with Gasteiger partial charge in [-0.25, -0.2) is 0 Å². The van der Waals surface area contributed by atoms with E-state index in [1.807, 2.05) is 44.4 Å². The first kappa shape index (κ1) is 17.2. The molecule has 136 valence electrons. The van der Waals surface area contributed by atoms with Gasteiger partial charge in [0.05, 0.1) is 6.42 Å². The average Bonchev–Trinajstić information content (AvgIpc) is 2.95. The average molecular weight is 359 g/mol. The summed E-state index contributed by atoms with van der Waals surface area (Å²) in [5.41, 5.74) is 5.92. The summed E-state index contributed by atoms with van der Waals surface area (Å²) in [5.74, 6) is 0.116. The van der Waals surface area contributed by atoms with E-state index in [1.165, 1.54) is 0 Å². The molecule has 0 spiro atoms. The molecule has 1 amide bonds. The van der Waals surface area contributed by atoms with Crippen LogP contribution in [-0.2, 0) is 11.2 Å². The molecule has 0 atom stereocenters. The van der Waals surface area contributed by atoms with E-state index in [1.54, 1.807) is 28.8 Å². The number of hydrogen-bond acceptors (Lipinski definition) is 3. The SMILES string of the molecule is CC(C)n1cc(-c2cncc(-c3ccc4c(c3)CC(=O)N4C)c2)ccc1=O. The molecule has 27 heavy (non-hydrogen) atoms. The molecule has 0 N–H and O–H groups in total. The highest BCUT2D eigenvalue weighted by atomic mass is 16.2. The van der Waals surface area contributed by atoms with E-state index in [0.29, 0.717) is 6.42 Å². The third-order valence-corrected chi connectivity index (χ3v) is 5.06. The molecule has 0 aliphatic carbocycles. The van der Waals surface area contributed by atoms with E-state index in [2.05, 4.69) is 17.1 Å². The van der Waals surface area contributed by atoms with E-state index < -0.39 is 0 Å². The van der Waals surface area contributed by atoms with Crippen LogP contribution in [-0.4, -0.2) is 22.5 Å². The number of pyridine rings is 2. The van der Waals surface area contributed by atoms with Crippen LogP contribution in [0, 0.1) is 0 Å². The highest BCUT2D eigenvalue weighted by Crippen LogP contribution is 2.33. The summed E-state index contributed by atoms with van der Waals surface area (Å²) in [4.78, 5) is 30.0. The number of benzene rings is 1. The Morgan fingerprint density at radius 2 is 1.63 bits per heavy atom. The predicted molar refractivity (Wildman–Crippen MR) is 107 cm³/mol. The molecule has 0 saturated heterocycles. The van der Waals surface area contributed by atoms with E-state index in [4.69, 9.17) is 0 Å². The van der Waals surface area contributed by atoms with Gasteiger partial charge in [-0.2, -0.15) is 0 Å². The van der Waals surface area contributed by atoms with Gasteiger partial charge in [0.2, 0.25) is 5.91 Å². The first-order chi connectivity index (χ1) is 12.9. The normalized spacial score (nSPS) is 13.3. The van der Waals surface area contributed by atoms with Crippen molar-refractivity contribution in [2.75, 3.05) is 11.9 Å². The van der Waals surface area contributed by atoms with Gasteiger partial charge in [0.1, 0.15) is 0 Å². The topological polar surface area (TPSA) is 55.2 Å². The number of likely N-dealkylation sites (N-methyl/N-ethyl adjacent to an activating group) is 1. The second-order valence-electron chi connectivity index (χ2n) is 7.19.